The van der Waals surface area contributed by atoms with Crippen molar-refractivity contribution in [3.63, 3.8) is 0 Å². The first-order chi connectivity index (χ1) is 7.97. The van der Waals surface area contributed by atoms with Crippen molar-refractivity contribution in [1.29, 1.82) is 0 Å². The molecule has 0 unspecified atom stereocenters. The molecular formula is C11H9Cl2NO3. The Labute approximate surface area is 108 Å². The fraction of sp³-hybridized carbons (Fsp3) is 0.273. The van der Waals surface area contributed by atoms with Gasteiger partial charge in [-0.1, -0.05) is 23.2 Å². The largest absolute Gasteiger partial charge is 0.481 e. The lowest BCUT2D eigenvalue weighted by Gasteiger charge is -2.16. The lowest BCUT2D eigenvalue weighted by Crippen LogP contribution is -2.25. The van der Waals surface area contributed by atoms with Crippen LogP contribution in [0.1, 0.15) is 6.42 Å². The minimum atomic E-state index is -0.964. The number of carbonyl (C=O) groups is 2. The molecule has 0 bridgehead atoms. The molecule has 1 amide bonds. The first-order valence-corrected chi connectivity index (χ1v) is 5.72. The van der Waals surface area contributed by atoms with Crippen molar-refractivity contribution in [3.05, 3.63) is 28.2 Å². The number of halogens is 2. The van der Waals surface area contributed by atoms with Crippen LogP contribution in [0.15, 0.2) is 18.2 Å². The van der Waals surface area contributed by atoms with Gasteiger partial charge in [-0.05, 0) is 18.2 Å². The molecule has 0 aliphatic carbocycles. The van der Waals surface area contributed by atoms with Crippen molar-refractivity contribution in [2.45, 2.75) is 6.42 Å². The monoisotopic (exact) mass is 273 g/mol. The van der Waals surface area contributed by atoms with Crippen LogP contribution in [0.5, 0.6) is 0 Å². The molecule has 1 aliphatic heterocycles. The Bertz CT molecular complexity index is 469. The molecule has 1 aromatic rings. The summed E-state index contributed by atoms with van der Waals surface area (Å²) in [5, 5.41) is 9.71. The standard InChI is InChI=1S/C11H9Cl2NO3/c12-7-2-8(13)4-9(3-7)14-5-6(11(16)17)1-10(14)15/h2-4,6H,1,5H2,(H,16,17)/t6-/m0/s1. The third-order valence-electron chi connectivity index (χ3n) is 2.63. The summed E-state index contributed by atoms with van der Waals surface area (Å²) in [4.78, 5) is 23.9. The van der Waals surface area contributed by atoms with Crippen LogP contribution in [0.4, 0.5) is 5.69 Å². The Hall–Kier alpha value is -1.26. The van der Waals surface area contributed by atoms with E-state index in [0.717, 1.165) is 0 Å². The van der Waals surface area contributed by atoms with E-state index in [1.165, 1.54) is 4.90 Å². The summed E-state index contributed by atoms with van der Waals surface area (Å²) in [5.41, 5.74) is 0.538. The predicted octanol–water partition coefficient (Wildman–Crippen LogP) is 2.43. The number of nitrogens with zero attached hydrogens (tertiary/aromatic N) is 1. The van der Waals surface area contributed by atoms with Gasteiger partial charge in [-0.25, -0.2) is 0 Å². The van der Waals surface area contributed by atoms with Crippen molar-refractivity contribution >= 4 is 40.8 Å². The van der Waals surface area contributed by atoms with Gasteiger partial charge in [0, 0.05) is 28.7 Å². The van der Waals surface area contributed by atoms with Gasteiger partial charge in [-0.15, -0.1) is 0 Å². The Morgan fingerprint density at radius 3 is 2.35 bits per heavy atom. The van der Waals surface area contributed by atoms with Gasteiger partial charge in [-0.3, -0.25) is 9.59 Å². The summed E-state index contributed by atoms with van der Waals surface area (Å²) in [5.74, 6) is -1.86. The van der Waals surface area contributed by atoms with E-state index in [2.05, 4.69) is 0 Å². The predicted molar refractivity (Wildman–Crippen MR) is 64.6 cm³/mol. The summed E-state index contributed by atoms with van der Waals surface area (Å²) in [6.45, 7) is 0.158. The molecule has 0 radical (unpaired) electrons. The SMILES string of the molecule is O=C(O)[C@H]1CC(=O)N(c2cc(Cl)cc(Cl)c2)C1. The van der Waals surface area contributed by atoms with Crippen molar-refractivity contribution in [2.75, 3.05) is 11.4 Å². The van der Waals surface area contributed by atoms with Gasteiger partial charge in [0.1, 0.15) is 0 Å². The van der Waals surface area contributed by atoms with Gasteiger partial charge in [-0.2, -0.15) is 0 Å². The zero-order valence-electron chi connectivity index (χ0n) is 8.69. The summed E-state index contributed by atoms with van der Waals surface area (Å²) in [6, 6.07) is 4.74. The van der Waals surface area contributed by atoms with Gasteiger partial charge in [0.05, 0.1) is 5.92 Å². The molecule has 6 heteroatoms. The van der Waals surface area contributed by atoms with E-state index in [4.69, 9.17) is 28.3 Å². The van der Waals surface area contributed by atoms with Gasteiger partial charge >= 0.3 is 5.97 Å². The fourth-order valence-electron chi connectivity index (χ4n) is 1.82. The van der Waals surface area contributed by atoms with Crippen LogP contribution in [-0.2, 0) is 9.59 Å². The van der Waals surface area contributed by atoms with E-state index >= 15 is 0 Å². The smallest absolute Gasteiger partial charge is 0.308 e. The molecule has 1 N–H and O–H groups in total. The third kappa shape index (κ3) is 2.53. The fourth-order valence-corrected chi connectivity index (χ4v) is 2.33. The molecular weight excluding hydrogens is 265 g/mol. The summed E-state index contributed by atoms with van der Waals surface area (Å²) >= 11 is 11.7. The maximum absolute atomic E-state index is 11.7. The van der Waals surface area contributed by atoms with E-state index < -0.39 is 11.9 Å². The summed E-state index contributed by atoms with van der Waals surface area (Å²) in [7, 11) is 0. The quantitative estimate of drug-likeness (QED) is 0.901. The van der Waals surface area contributed by atoms with Crippen LogP contribution in [0.25, 0.3) is 0 Å². The molecule has 0 aromatic heterocycles. The number of hydrogen-bond acceptors (Lipinski definition) is 2. The van der Waals surface area contributed by atoms with Crippen molar-refractivity contribution in [3.8, 4) is 0 Å². The average Bonchev–Trinajstić information content (AvgIpc) is 2.59. The van der Waals surface area contributed by atoms with Gasteiger partial charge in [0.25, 0.3) is 0 Å². The molecule has 90 valence electrons. The van der Waals surface area contributed by atoms with E-state index in [-0.39, 0.29) is 18.9 Å². The Morgan fingerprint density at radius 1 is 1.29 bits per heavy atom. The highest BCUT2D eigenvalue weighted by atomic mass is 35.5. The van der Waals surface area contributed by atoms with Gasteiger partial charge < -0.3 is 10.0 Å². The number of carboxylic acid groups (broad SMARTS) is 1. The van der Waals surface area contributed by atoms with Crippen molar-refractivity contribution < 1.29 is 14.7 Å². The molecule has 0 saturated carbocycles. The molecule has 17 heavy (non-hydrogen) atoms. The van der Waals surface area contributed by atoms with Crippen LogP contribution in [-0.4, -0.2) is 23.5 Å². The van der Waals surface area contributed by atoms with Crippen molar-refractivity contribution in [1.82, 2.24) is 0 Å². The number of carboxylic acids is 1. The lowest BCUT2D eigenvalue weighted by atomic mass is 10.1. The second-order valence-corrected chi connectivity index (χ2v) is 4.74. The molecule has 1 heterocycles. The molecule has 1 aromatic carbocycles. The Balaban J connectivity index is 2.28. The van der Waals surface area contributed by atoms with E-state index in [1.54, 1.807) is 18.2 Å². The van der Waals surface area contributed by atoms with Crippen LogP contribution >= 0.6 is 23.2 Å². The lowest BCUT2D eigenvalue weighted by molar-refractivity contribution is -0.141. The number of anilines is 1. The molecule has 1 fully saturated rings. The molecule has 1 saturated heterocycles. The maximum atomic E-state index is 11.7. The number of carbonyl (C=O) groups excluding carboxylic acids is 1. The molecule has 2 rings (SSSR count). The van der Waals surface area contributed by atoms with Crippen LogP contribution in [0.3, 0.4) is 0 Å². The molecule has 1 aliphatic rings. The second-order valence-electron chi connectivity index (χ2n) is 3.87. The van der Waals surface area contributed by atoms with E-state index in [0.29, 0.717) is 15.7 Å². The third-order valence-corrected chi connectivity index (χ3v) is 3.07. The van der Waals surface area contributed by atoms with Crippen LogP contribution in [0, 0.1) is 5.92 Å². The maximum Gasteiger partial charge on any atom is 0.308 e. The minimum absolute atomic E-state index is 0.0134. The number of rotatable bonds is 2. The number of benzene rings is 1. The Kier molecular flexibility index (Phi) is 3.26. The zero-order chi connectivity index (χ0) is 12.6. The normalized spacial score (nSPS) is 19.8. The van der Waals surface area contributed by atoms with E-state index in [9.17, 15) is 9.59 Å². The zero-order valence-corrected chi connectivity index (χ0v) is 10.2. The average molecular weight is 274 g/mol. The molecule has 1 atom stereocenters. The second kappa shape index (κ2) is 4.55. The summed E-state index contributed by atoms with van der Waals surface area (Å²) < 4.78 is 0. The van der Waals surface area contributed by atoms with Crippen LogP contribution in [0.2, 0.25) is 10.0 Å². The summed E-state index contributed by atoms with van der Waals surface area (Å²) in [6.07, 6.45) is 0.0134. The minimum Gasteiger partial charge on any atom is -0.481 e. The molecule has 4 nitrogen and oxygen atoms in total. The van der Waals surface area contributed by atoms with Gasteiger partial charge in [0.15, 0.2) is 0 Å². The number of hydrogen-bond donors (Lipinski definition) is 1. The number of aliphatic carboxylic acids is 1. The first kappa shape index (κ1) is 12.2. The van der Waals surface area contributed by atoms with Gasteiger partial charge in [0.2, 0.25) is 5.91 Å². The van der Waals surface area contributed by atoms with E-state index in [1.807, 2.05) is 0 Å². The number of amides is 1. The van der Waals surface area contributed by atoms with Crippen molar-refractivity contribution in [2.24, 2.45) is 5.92 Å². The highest BCUT2D eigenvalue weighted by Crippen LogP contribution is 2.30. The topological polar surface area (TPSA) is 57.6 Å². The highest BCUT2D eigenvalue weighted by Gasteiger charge is 2.35. The first-order valence-electron chi connectivity index (χ1n) is 4.96. The highest BCUT2D eigenvalue weighted by molar-refractivity contribution is 6.35. The molecule has 0 spiro atoms. The Morgan fingerprint density at radius 2 is 1.88 bits per heavy atom. The van der Waals surface area contributed by atoms with Crippen LogP contribution < -0.4 is 4.90 Å².